The largest absolute Gasteiger partial charge is 0.341 e. The summed E-state index contributed by atoms with van der Waals surface area (Å²) in [6, 6.07) is 26.1. The molecule has 5 nitrogen and oxygen atoms in total. The topological polar surface area (TPSA) is 82.0 Å². The van der Waals surface area contributed by atoms with Crippen molar-refractivity contribution >= 4 is 33.2 Å². The summed E-state index contributed by atoms with van der Waals surface area (Å²) in [6.07, 6.45) is 0.334. The summed E-state index contributed by atoms with van der Waals surface area (Å²) >= 11 is 1.60. The highest BCUT2D eigenvalue weighted by molar-refractivity contribution is 7.17. The van der Waals surface area contributed by atoms with Gasteiger partial charge in [-0.25, -0.2) is 0 Å². The van der Waals surface area contributed by atoms with E-state index in [1.807, 2.05) is 78.2 Å². The van der Waals surface area contributed by atoms with Crippen molar-refractivity contribution in [2.45, 2.75) is 12.5 Å². The minimum Gasteiger partial charge on any atom is -0.341 e. The number of amides is 2. The van der Waals surface area contributed by atoms with Crippen LogP contribution in [0.25, 0.3) is 21.2 Å². The van der Waals surface area contributed by atoms with Crippen molar-refractivity contribution in [1.82, 2.24) is 10.6 Å². The third-order valence-electron chi connectivity index (χ3n) is 5.21. The molecule has 0 radical (unpaired) electrons. The zero-order valence-corrected chi connectivity index (χ0v) is 18.1. The fraction of sp³-hybridized carbons (Fsp3) is 0.115. The number of hydrogen-bond donors (Lipinski definition) is 2. The Morgan fingerprint density at radius 1 is 0.938 bits per heavy atom. The molecule has 1 atom stereocenters. The second-order valence-corrected chi connectivity index (χ2v) is 8.19. The monoisotopic (exact) mass is 439 g/mol. The Balaban J connectivity index is 1.62. The van der Waals surface area contributed by atoms with Crippen LogP contribution in [0.3, 0.4) is 0 Å². The van der Waals surface area contributed by atoms with Gasteiger partial charge in [0.25, 0.3) is 5.91 Å². The van der Waals surface area contributed by atoms with E-state index in [0.29, 0.717) is 12.0 Å². The van der Waals surface area contributed by atoms with Crippen LogP contribution in [0.15, 0.2) is 84.2 Å². The zero-order chi connectivity index (χ0) is 22.3. The first-order chi connectivity index (χ1) is 15.7. The normalized spacial score (nSPS) is 11.5. The van der Waals surface area contributed by atoms with Gasteiger partial charge in [0.05, 0.1) is 6.07 Å². The first-order valence-electron chi connectivity index (χ1n) is 10.2. The van der Waals surface area contributed by atoms with Gasteiger partial charge >= 0.3 is 0 Å². The summed E-state index contributed by atoms with van der Waals surface area (Å²) in [7, 11) is 0. The Labute approximate surface area is 190 Å². The minimum absolute atomic E-state index is 0.115. The maximum absolute atomic E-state index is 13.3. The molecule has 0 saturated carbocycles. The smallest absolute Gasteiger partial charge is 0.252 e. The molecule has 0 aliphatic carbocycles. The lowest BCUT2D eigenvalue weighted by Gasteiger charge is -2.19. The number of rotatable bonds is 7. The second-order valence-electron chi connectivity index (χ2n) is 7.27. The van der Waals surface area contributed by atoms with Gasteiger partial charge in [-0.2, -0.15) is 5.26 Å². The van der Waals surface area contributed by atoms with E-state index in [9.17, 15) is 9.59 Å². The third-order valence-corrected chi connectivity index (χ3v) is 6.22. The first kappa shape index (κ1) is 21.3. The molecule has 1 aromatic heterocycles. The Morgan fingerprint density at radius 3 is 2.47 bits per heavy atom. The van der Waals surface area contributed by atoms with Crippen molar-refractivity contribution in [1.29, 1.82) is 5.26 Å². The molecule has 2 N–H and O–H groups in total. The summed E-state index contributed by atoms with van der Waals surface area (Å²) in [5.41, 5.74) is 3.20. The minimum atomic E-state index is -0.808. The van der Waals surface area contributed by atoms with E-state index in [1.165, 1.54) is 0 Å². The average molecular weight is 440 g/mol. The van der Waals surface area contributed by atoms with Gasteiger partial charge < -0.3 is 10.6 Å². The van der Waals surface area contributed by atoms with E-state index in [4.69, 9.17) is 5.26 Å². The van der Waals surface area contributed by atoms with Gasteiger partial charge in [0, 0.05) is 16.7 Å². The van der Waals surface area contributed by atoms with Gasteiger partial charge in [0.1, 0.15) is 12.6 Å². The number of thiophene rings is 1. The number of fused-ring (bicyclic) bond motifs is 1. The lowest BCUT2D eigenvalue weighted by Crippen LogP contribution is -2.48. The molecule has 0 aliphatic rings. The van der Waals surface area contributed by atoms with Crippen LogP contribution in [-0.4, -0.2) is 24.4 Å². The van der Waals surface area contributed by atoms with E-state index >= 15 is 0 Å². The maximum Gasteiger partial charge on any atom is 0.252 e. The summed E-state index contributed by atoms with van der Waals surface area (Å²) in [4.78, 5) is 26.1. The number of carbonyl (C=O) groups is 2. The Bertz CT molecular complexity index is 1290. The van der Waals surface area contributed by atoms with Crippen molar-refractivity contribution in [2.24, 2.45) is 0 Å². The van der Waals surface area contributed by atoms with Gasteiger partial charge in [-0.15, -0.1) is 11.3 Å². The maximum atomic E-state index is 13.3. The van der Waals surface area contributed by atoms with Crippen LogP contribution in [0.2, 0.25) is 0 Å². The molecule has 0 aliphatic heterocycles. The zero-order valence-electron chi connectivity index (χ0n) is 17.2. The quantitative estimate of drug-likeness (QED) is 0.415. The van der Waals surface area contributed by atoms with Crippen LogP contribution in [0.5, 0.6) is 0 Å². The van der Waals surface area contributed by atoms with E-state index in [0.717, 1.165) is 26.8 Å². The predicted molar refractivity (Wildman–Crippen MR) is 127 cm³/mol. The predicted octanol–water partition coefficient (Wildman–Crippen LogP) is 4.55. The number of nitrogens with zero attached hydrogens (tertiary/aromatic N) is 1. The molecule has 0 bridgehead atoms. The van der Waals surface area contributed by atoms with Crippen molar-refractivity contribution in [2.75, 3.05) is 6.54 Å². The van der Waals surface area contributed by atoms with Crippen LogP contribution < -0.4 is 10.6 Å². The second kappa shape index (κ2) is 9.90. The molecular weight excluding hydrogens is 418 g/mol. The van der Waals surface area contributed by atoms with E-state index < -0.39 is 6.04 Å². The molecule has 0 spiro atoms. The Kier molecular flexibility index (Phi) is 6.59. The van der Waals surface area contributed by atoms with Crippen LogP contribution >= 0.6 is 11.3 Å². The van der Waals surface area contributed by atoms with Gasteiger partial charge in [0.15, 0.2) is 0 Å². The molecule has 4 rings (SSSR count). The van der Waals surface area contributed by atoms with Crippen molar-refractivity contribution in [3.63, 3.8) is 0 Å². The van der Waals surface area contributed by atoms with Gasteiger partial charge in [-0.05, 0) is 39.6 Å². The highest BCUT2D eigenvalue weighted by atomic mass is 32.1. The van der Waals surface area contributed by atoms with Crippen molar-refractivity contribution in [3.8, 4) is 17.2 Å². The molecule has 0 saturated heterocycles. The molecule has 2 amide bonds. The molecule has 1 unspecified atom stereocenters. The Morgan fingerprint density at radius 2 is 1.66 bits per heavy atom. The summed E-state index contributed by atoms with van der Waals surface area (Å²) in [5.74, 6) is -0.714. The first-order valence-corrected chi connectivity index (χ1v) is 11.1. The van der Waals surface area contributed by atoms with Crippen molar-refractivity contribution < 1.29 is 9.59 Å². The lowest BCUT2D eigenvalue weighted by atomic mass is 9.98. The summed E-state index contributed by atoms with van der Waals surface area (Å²) in [6.45, 7) is -0.115. The number of benzene rings is 3. The number of carbonyl (C=O) groups excluding carboxylic acids is 2. The molecule has 3 aromatic carbocycles. The standard InChI is InChI=1S/C26H21N3O2S/c27-14-15-28-26(31)23(16-19-17-32-24-13-7-6-11-21(19)24)29-25(30)22-12-5-4-10-20(22)18-8-2-1-3-9-18/h1-13,17,23H,15-16H2,(H,28,31)(H,29,30). The molecule has 6 heteroatoms. The van der Waals surface area contributed by atoms with Crippen LogP contribution in [0.1, 0.15) is 15.9 Å². The third kappa shape index (κ3) is 4.69. The molecule has 1 heterocycles. The van der Waals surface area contributed by atoms with Crippen LogP contribution in [-0.2, 0) is 11.2 Å². The summed E-state index contributed by atoms with van der Waals surface area (Å²) in [5, 5.41) is 17.4. The highest BCUT2D eigenvalue weighted by Gasteiger charge is 2.24. The average Bonchev–Trinajstić information content (AvgIpc) is 3.25. The fourth-order valence-corrected chi connectivity index (χ4v) is 4.63. The van der Waals surface area contributed by atoms with Gasteiger partial charge in [-0.1, -0.05) is 66.7 Å². The van der Waals surface area contributed by atoms with Gasteiger partial charge in [0.2, 0.25) is 5.91 Å². The number of hydrogen-bond acceptors (Lipinski definition) is 4. The van der Waals surface area contributed by atoms with E-state index in [2.05, 4.69) is 10.6 Å². The number of nitriles is 1. The molecule has 4 aromatic rings. The van der Waals surface area contributed by atoms with Crippen LogP contribution in [0, 0.1) is 11.3 Å². The van der Waals surface area contributed by atoms with Crippen molar-refractivity contribution in [3.05, 3.63) is 95.4 Å². The van der Waals surface area contributed by atoms with E-state index in [1.54, 1.807) is 23.5 Å². The highest BCUT2D eigenvalue weighted by Crippen LogP contribution is 2.27. The van der Waals surface area contributed by atoms with Crippen LogP contribution in [0.4, 0.5) is 0 Å². The van der Waals surface area contributed by atoms with Gasteiger partial charge in [-0.3, -0.25) is 9.59 Å². The molecular formula is C26H21N3O2S. The lowest BCUT2D eigenvalue weighted by molar-refractivity contribution is -0.122. The number of nitrogens with one attached hydrogen (secondary N) is 2. The summed E-state index contributed by atoms with van der Waals surface area (Å²) < 4.78 is 1.12. The molecule has 158 valence electrons. The SMILES string of the molecule is N#CCNC(=O)C(Cc1csc2ccccc12)NC(=O)c1ccccc1-c1ccccc1. The molecule has 32 heavy (non-hydrogen) atoms. The molecule has 0 fully saturated rings. The van der Waals surface area contributed by atoms with E-state index in [-0.39, 0.29) is 18.4 Å². The Hall–Kier alpha value is -3.95. The fourth-order valence-electron chi connectivity index (χ4n) is 3.66.